The van der Waals surface area contributed by atoms with E-state index in [1.165, 1.54) is 0 Å². The van der Waals surface area contributed by atoms with Crippen LogP contribution in [0, 0.1) is 3.57 Å². The third-order valence-electron chi connectivity index (χ3n) is 4.86. The summed E-state index contributed by atoms with van der Waals surface area (Å²) in [5.41, 5.74) is 2.68. The first-order chi connectivity index (χ1) is 15.8. The highest BCUT2D eigenvalue weighted by atomic mass is 127. The molecule has 168 valence electrons. The van der Waals surface area contributed by atoms with E-state index in [0.717, 1.165) is 25.2 Å². The Labute approximate surface area is 219 Å². The predicted octanol–water partition coefficient (Wildman–Crippen LogP) is 6.92. The molecule has 33 heavy (non-hydrogen) atoms. The van der Waals surface area contributed by atoms with Gasteiger partial charge in [0, 0.05) is 5.02 Å². The fourth-order valence-electron chi connectivity index (χ4n) is 3.17. The Hall–Kier alpha value is -2.26. The molecule has 5 nitrogen and oxygen atoms in total. The molecule has 1 N–H and O–H groups in total. The van der Waals surface area contributed by atoms with Crippen molar-refractivity contribution in [3.63, 3.8) is 0 Å². The first-order valence-electron chi connectivity index (χ1n) is 9.75. The Morgan fingerprint density at radius 1 is 0.909 bits per heavy atom. The molecule has 0 aliphatic carbocycles. The van der Waals surface area contributed by atoms with Crippen molar-refractivity contribution >= 4 is 75.4 Å². The Balaban J connectivity index is 1.44. The summed E-state index contributed by atoms with van der Waals surface area (Å²) in [5.74, 6) is 0.305. The molecule has 9 heteroatoms. The van der Waals surface area contributed by atoms with E-state index < -0.39 is 6.03 Å². The molecule has 3 amide bonds. The van der Waals surface area contributed by atoms with Crippen LogP contribution >= 0.6 is 57.4 Å². The van der Waals surface area contributed by atoms with Crippen LogP contribution in [0.2, 0.25) is 15.1 Å². The molecular formula is C24H16Cl3IN2O3. The minimum absolute atomic E-state index is 0.165. The van der Waals surface area contributed by atoms with Gasteiger partial charge in [0.05, 0.1) is 20.2 Å². The number of hydrogen-bond acceptors (Lipinski definition) is 3. The summed E-state index contributed by atoms with van der Waals surface area (Å²) < 4.78 is 6.75. The minimum Gasteiger partial charge on any atom is -0.488 e. The second kappa shape index (κ2) is 10.3. The highest BCUT2D eigenvalue weighted by molar-refractivity contribution is 14.1. The molecule has 1 fully saturated rings. The van der Waals surface area contributed by atoms with Gasteiger partial charge in [0.2, 0.25) is 0 Å². The van der Waals surface area contributed by atoms with Crippen LogP contribution in [0.15, 0.2) is 66.4 Å². The molecule has 0 bridgehead atoms. The van der Waals surface area contributed by atoms with E-state index >= 15 is 0 Å². The number of amides is 3. The van der Waals surface area contributed by atoms with E-state index in [1.54, 1.807) is 42.5 Å². The highest BCUT2D eigenvalue weighted by Gasteiger charge is 2.33. The maximum atomic E-state index is 12.8. The Bertz CT molecular complexity index is 1260. The summed E-state index contributed by atoms with van der Waals surface area (Å²) in [6.07, 6.45) is 1.65. The van der Waals surface area contributed by atoms with E-state index in [4.69, 9.17) is 39.5 Å². The zero-order valence-corrected chi connectivity index (χ0v) is 21.4. The van der Waals surface area contributed by atoms with Gasteiger partial charge in [-0.3, -0.25) is 9.69 Å². The van der Waals surface area contributed by atoms with Crippen LogP contribution in [0.5, 0.6) is 5.75 Å². The predicted molar refractivity (Wildman–Crippen MR) is 138 cm³/mol. The van der Waals surface area contributed by atoms with Crippen LogP contribution in [0.4, 0.5) is 4.79 Å². The average molecular weight is 614 g/mol. The molecule has 0 aromatic heterocycles. The number of rotatable bonds is 6. The molecule has 3 aromatic carbocycles. The number of nitrogens with one attached hydrogen (secondary N) is 1. The smallest absolute Gasteiger partial charge is 0.329 e. The number of hydrogen-bond donors (Lipinski definition) is 1. The molecule has 1 heterocycles. The molecule has 3 aromatic rings. The number of imide groups is 1. The minimum atomic E-state index is -0.461. The quantitative estimate of drug-likeness (QED) is 0.187. The summed E-state index contributed by atoms with van der Waals surface area (Å²) >= 11 is 20.1. The summed E-state index contributed by atoms with van der Waals surface area (Å²) in [7, 11) is 0. The van der Waals surface area contributed by atoms with Gasteiger partial charge in [-0.05, 0) is 81.8 Å². The van der Waals surface area contributed by atoms with Crippen LogP contribution < -0.4 is 10.1 Å². The van der Waals surface area contributed by atoms with E-state index in [-0.39, 0.29) is 18.1 Å². The maximum absolute atomic E-state index is 12.8. The van der Waals surface area contributed by atoms with Gasteiger partial charge in [-0.25, -0.2) is 4.79 Å². The molecule has 1 aliphatic rings. The van der Waals surface area contributed by atoms with Gasteiger partial charge >= 0.3 is 6.03 Å². The van der Waals surface area contributed by atoms with Crippen molar-refractivity contribution in [2.75, 3.05) is 0 Å². The third-order valence-corrected chi connectivity index (χ3v) is 6.70. The topological polar surface area (TPSA) is 58.6 Å². The van der Waals surface area contributed by atoms with Crippen LogP contribution in [0.25, 0.3) is 6.08 Å². The molecule has 0 saturated carbocycles. The van der Waals surface area contributed by atoms with E-state index in [9.17, 15) is 9.59 Å². The summed E-state index contributed by atoms with van der Waals surface area (Å²) in [5, 5.41) is 4.20. The van der Waals surface area contributed by atoms with E-state index in [0.29, 0.717) is 27.4 Å². The Kier molecular flexibility index (Phi) is 7.48. The lowest BCUT2D eigenvalue weighted by Gasteiger charge is -2.11. The van der Waals surface area contributed by atoms with Gasteiger partial charge in [-0.1, -0.05) is 59.1 Å². The second-order valence-electron chi connectivity index (χ2n) is 7.23. The highest BCUT2D eigenvalue weighted by Crippen LogP contribution is 2.27. The Morgan fingerprint density at radius 2 is 1.64 bits per heavy atom. The first kappa shape index (κ1) is 23.9. The van der Waals surface area contributed by atoms with E-state index in [2.05, 4.69) is 27.9 Å². The monoisotopic (exact) mass is 612 g/mol. The summed E-state index contributed by atoms with van der Waals surface area (Å²) in [6, 6.07) is 17.4. The van der Waals surface area contributed by atoms with E-state index in [1.807, 2.05) is 24.3 Å². The molecule has 0 spiro atoms. The van der Waals surface area contributed by atoms with Gasteiger partial charge in [0.15, 0.2) is 0 Å². The SMILES string of the molecule is O=C1N/C(=C\c2ccc(OCc3ccc(Cl)c(Cl)c3)c(I)c2)C(=O)N1Cc1ccc(Cl)cc1. The summed E-state index contributed by atoms with van der Waals surface area (Å²) in [4.78, 5) is 26.2. The fourth-order valence-corrected chi connectivity index (χ4v) is 4.31. The standard InChI is InChI=1S/C24H16Cl3IN2O3/c25-17-5-1-14(2-6-17)12-30-23(31)21(29-24(30)32)11-15-4-8-22(20(28)10-15)33-13-16-3-7-18(26)19(27)9-16/h1-11H,12-13H2,(H,29,32)/b21-11-. The van der Waals surface area contributed by atoms with Crippen LogP contribution in [0.3, 0.4) is 0 Å². The lowest BCUT2D eigenvalue weighted by atomic mass is 10.1. The lowest BCUT2D eigenvalue weighted by Crippen LogP contribution is -2.30. The van der Waals surface area contributed by atoms with Crippen molar-refractivity contribution < 1.29 is 14.3 Å². The fraction of sp³-hybridized carbons (Fsp3) is 0.0833. The zero-order valence-electron chi connectivity index (χ0n) is 16.9. The van der Waals surface area contributed by atoms with Gasteiger partial charge in [0.25, 0.3) is 5.91 Å². The molecule has 0 radical (unpaired) electrons. The number of halogens is 4. The van der Waals surface area contributed by atoms with Crippen molar-refractivity contribution in [3.05, 3.63) is 102 Å². The second-order valence-corrected chi connectivity index (χ2v) is 9.65. The van der Waals surface area contributed by atoms with Gasteiger partial charge in [0.1, 0.15) is 18.1 Å². The van der Waals surface area contributed by atoms with Crippen molar-refractivity contribution in [3.8, 4) is 5.75 Å². The third kappa shape index (κ3) is 5.81. The number of ether oxygens (including phenoxy) is 1. The van der Waals surface area contributed by atoms with Gasteiger partial charge in [-0.15, -0.1) is 0 Å². The average Bonchev–Trinajstić information content (AvgIpc) is 3.04. The lowest BCUT2D eigenvalue weighted by molar-refractivity contribution is -0.123. The number of benzene rings is 3. The number of urea groups is 1. The molecule has 1 saturated heterocycles. The van der Waals surface area contributed by atoms with Crippen molar-refractivity contribution in [1.82, 2.24) is 10.2 Å². The molecular weight excluding hydrogens is 598 g/mol. The van der Waals surface area contributed by atoms with Crippen LogP contribution in [-0.2, 0) is 17.9 Å². The van der Waals surface area contributed by atoms with Crippen LogP contribution in [0.1, 0.15) is 16.7 Å². The molecule has 0 atom stereocenters. The molecule has 4 rings (SSSR count). The molecule has 0 unspecified atom stereocenters. The first-order valence-corrected chi connectivity index (χ1v) is 12.0. The number of nitrogens with zero attached hydrogens (tertiary/aromatic N) is 1. The zero-order chi connectivity index (χ0) is 23.5. The van der Waals surface area contributed by atoms with Gasteiger partial charge < -0.3 is 10.1 Å². The van der Waals surface area contributed by atoms with Gasteiger partial charge in [-0.2, -0.15) is 0 Å². The van der Waals surface area contributed by atoms with Crippen LogP contribution in [-0.4, -0.2) is 16.8 Å². The van der Waals surface area contributed by atoms with Crippen molar-refractivity contribution in [1.29, 1.82) is 0 Å². The number of carbonyl (C=O) groups excluding carboxylic acids is 2. The largest absolute Gasteiger partial charge is 0.488 e. The number of carbonyl (C=O) groups is 2. The molecule has 1 aliphatic heterocycles. The Morgan fingerprint density at radius 3 is 2.33 bits per heavy atom. The van der Waals surface area contributed by atoms with Crippen molar-refractivity contribution in [2.24, 2.45) is 0 Å². The summed E-state index contributed by atoms with van der Waals surface area (Å²) in [6.45, 7) is 0.500. The maximum Gasteiger partial charge on any atom is 0.329 e. The normalized spacial score (nSPS) is 14.7. The van der Waals surface area contributed by atoms with Crippen molar-refractivity contribution in [2.45, 2.75) is 13.2 Å².